The molecule has 2 amide bonds. The number of hydrogen-bond acceptors (Lipinski definition) is 3. The van der Waals surface area contributed by atoms with Gasteiger partial charge in [0, 0.05) is 19.5 Å². The van der Waals surface area contributed by atoms with Crippen molar-refractivity contribution in [2.24, 2.45) is 5.92 Å². The van der Waals surface area contributed by atoms with Gasteiger partial charge in [-0.25, -0.2) is 4.79 Å². The van der Waals surface area contributed by atoms with E-state index >= 15 is 0 Å². The molecule has 1 heterocycles. The van der Waals surface area contributed by atoms with Gasteiger partial charge in [-0.2, -0.15) is 5.10 Å². The minimum atomic E-state index is -0.255. The number of fused-ring (bicyclic) bond motifs is 1. The van der Waals surface area contributed by atoms with E-state index in [2.05, 4.69) is 15.5 Å². The third-order valence-corrected chi connectivity index (χ3v) is 4.81. The predicted octanol–water partition coefficient (Wildman–Crippen LogP) is 1.59. The summed E-state index contributed by atoms with van der Waals surface area (Å²) in [7, 11) is 1.80. The number of aromatic amines is 1. The van der Waals surface area contributed by atoms with Crippen LogP contribution in [0, 0.1) is 5.92 Å². The number of H-pyrrole nitrogens is 1. The van der Waals surface area contributed by atoms with Crippen molar-refractivity contribution in [3.8, 4) is 0 Å². The number of carbonyl (C=O) groups is 1. The van der Waals surface area contributed by atoms with Gasteiger partial charge in [0.2, 0.25) is 0 Å². The molecule has 116 valence electrons. The molecule has 0 aromatic carbocycles. The monoisotopic (exact) mass is 292 g/mol. The van der Waals surface area contributed by atoms with Crippen molar-refractivity contribution < 1.29 is 9.90 Å². The van der Waals surface area contributed by atoms with Crippen LogP contribution in [0.2, 0.25) is 0 Å². The minimum absolute atomic E-state index is 0.0275. The van der Waals surface area contributed by atoms with Crippen molar-refractivity contribution in [3.05, 3.63) is 17.5 Å². The predicted molar refractivity (Wildman–Crippen MR) is 78.8 cm³/mol. The van der Waals surface area contributed by atoms with Gasteiger partial charge in [-0.1, -0.05) is 6.42 Å². The van der Waals surface area contributed by atoms with E-state index in [1.165, 1.54) is 5.56 Å². The lowest BCUT2D eigenvalue weighted by atomic mass is 9.94. The first kappa shape index (κ1) is 14.4. The van der Waals surface area contributed by atoms with Crippen LogP contribution in [-0.2, 0) is 6.42 Å². The summed E-state index contributed by atoms with van der Waals surface area (Å²) in [4.78, 5) is 14.0. The zero-order chi connectivity index (χ0) is 14.8. The van der Waals surface area contributed by atoms with Gasteiger partial charge in [0.05, 0.1) is 24.0 Å². The van der Waals surface area contributed by atoms with E-state index in [0.29, 0.717) is 6.54 Å². The first-order valence-corrected chi connectivity index (χ1v) is 7.87. The van der Waals surface area contributed by atoms with Crippen molar-refractivity contribution in [1.82, 2.24) is 20.4 Å². The molecule has 6 nitrogen and oxygen atoms in total. The van der Waals surface area contributed by atoms with Gasteiger partial charge in [0.1, 0.15) is 0 Å². The summed E-state index contributed by atoms with van der Waals surface area (Å²) in [5, 5.41) is 20.0. The van der Waals surface area contributed by atoms with Crippen LogP contribution in [0.5, 0.6) is 0 Å². The molecule has 3 N–H and O–H groups in total. The molecule has 21 heavy (non-hydrogen) atoms. The van der Waals surface area contributed by atoms with Gasteiger partial charge in [-0.15, -0.1) is 0 Å². The molecule has 1 aromatic heterocycles. The van der Waals surface area contributed by atoms with Gasteiger partial charge >= 0.3 is 6.03 Å². The van der Waals surface area contributed by atoms with Crippen molar-refractivity contribution >= 4 is 6.03 Å². The topological polar surface area (TPSA) is 81.2 Å². The van der Waals surface area contributed by atoms with E-state index in [0.717, 1.165) is 44.2 Å². The SMILES string of the molecule is CN(CC1CCCC1O)C(=O)NC1CCCc2cn[nH]c21. The zero-order valence-electron chi connectivity index (χ0n) is 12.5. The van der Waals surface area contributed by atoms with E-state index in [9.17, 15) is 9.90 Å². The lowest BCUT2D eigenvalue weighted by molar-refractivity contribution is 0.113. The van der Waals surface area contributed by atoms with Crippen molar-refractivity contribution in [1.29, 1.82) is 0 Å². The molecule has 0 saturated heterocycles. The number of rotatable bonds is 3. The van der Waals surface area contributed by atoms with E-state index in [-0.39, 0.29) is 24.1 Å². The van der Waals surface area contributed by atoms with Gasteiger partial charge in [-0.3, -0.25) is 5.10 Å². The molecule has 1 saturated carbocycles. The number of aromatic nitrogens is 2. The smallest absolute Gasteiger partial charge is 0.317 e. The van der Waals surface area contributed by atoms with Gasteiger partial charge in [-0.05, 0) is 37.7 Å². The standard InChI is InChI=1S/C15H24N4O2/c1-19(9-11-5-3-7-13(11)20)15(21)17-12-6-2-4-10-8-16-18-14(10)12/h8,11-13,20H,2-7,9H2,1H3,(H,16,18)(H,17,21). The third-order valence-electron chi connectivity index (χ3n) is 4.81. The maximum absolute atomic E-state index is 12.3. The molecule has 0 aliphatic heterocycles. The number of nitrogens with zero attached hydrogens (tertiary/aromatic N) is 2. The number of aryl methyl sites for hydroxylation is 1. The Balaban J connectivity index is 1.57. The number of aliphatic hydroxyl groups excluding tert-OH is 1. The van der Waals surface area contributed by atoms with E-state index in [1.807, 2.05) is 6.20 Å². The first-order chi connectivity index (χ1) is 10.1. The highest BCUT2D eigenvalue weighted by Crippen LogP contribution is 2.28. The average molecular weight is 292 g/mol. The Labute approximate surface area is 124 Å². The molecule has 3 unspecified atom stereocenters. The van der Waals surface area contributed by atoms with Crippen LogP contribution < -0.4 is 5.32 Å². The third kappa shape index (κ3) is 3.05. The van der Waals surface area contributed by atoms with E-state index in [1.54, 1.807) is 11.9 Å². The second kappa shape index (κ2) is 6.05. The Morgan fingerprint density at radius 3 is 3.10 bits per heavy atom. The number of amides is 2. The summed E-state index contributed by atoms with van der Waals surface area (Å²) in [6, 6.07) is -0.0405. The van der Waals surface area contributed by atoms with E-state index in [4.69, 9.17) is 0 Å². The van der Waals surface area contributed by atoms with Crippen LogP contribution in [0.25, 0.3) is 0 Å². The van der Waals surface area contributed by atoms with Crippen LogP contribution in [0.4, 0.5) is 4.79 Å². The number of urea groups is 1. The Hall–Kier alpha value is -1.56. The fourth-order valence-electron chi connectivity index (χ4n) is 3.53. The van der Waals surface area contributed by atoms with Gasteiger partial charge in [0.15, 0.2) is 0 Å². The van der Waals surface area contributed by atoms with Crippen molar-refractivity contribution in [2.75, 3.05) is 13.6 Å². The zero-order valence-corrected chi connectivity index (χ0v) is 12.5. The molecule has 0 spiro atoms. The maximum atomic E-state index is 12.3. The number of nitrogens with one attached hydrogen (secondary N) is 2. The lowest BCUT2D eigenvalue weighted by Crippen LogP contribution is -2.43. The highest BCUT2D eigenvalue weighted by Gasteiger charge is 2.29. The quantitative estimate of drug-likeness (QED) is 0.791. The second-order valence-electron chi connectivity index (χ2n) is 6.34. The number of hydrogen-bond donors (Lipinski definition) is 3. The Morgan fingerprint density at radius 1 is 1.48 bits per heavy atom. The average Bonchev–Trinajstić information content (AvgIpc) is 3.09. The summed E-state index contributed by atoms with van der Waals surface area (Å²) in [6.45, 7) is 0.621. The number of aliphatic hydroxyl groups is 1. The second-order valence-corrected chi connectivity index (χ2v) is 6.34. The molecule has 1 aromatic rings. The molecule has 0 bridgehead atoms. The molecular formula is C15H24N4O2. The molecule has 6 heteroatoms. The van der Waals surface area contributed by atoms with Gasteiger partial charge < -0.3 is 15.3 Å². The van der Waals surface area contributed by atoms with Crippen LogP contribution in [0.3, 0.4) is 0 Å². The molecule has 0 radical (unpaired) electrons. The molecule has 1 fully saturated rings. The minimum Gasteiger partial charge on any atom is -0.393 e. The first-order valence-electron chi connectivity index (χ1n) is 7.87. The van der Waals surface area contributed by atoms with Crippen LogP contribution in [0.1, 0.15) is 49.4 Å². The molecule has 3 rings (SSSR count). The highest BCUT2D eigenvalue weighted by molar-refractivity contribution is 5.74. The van der Waals surface area contributed by atoms with Crippen molar-refractivity contribution in [3.63, 3.8) is 0 Å². The van der Waals surface area contributed by atoms with E-state index < -0.39 is 0 Å². The van der Waals surface area contributed by atoms with Crippen LogP contribution in [-0.4, -0.2) is 45.9 Å². The summed E-state index contributed by atoms with van der Waals surface area (Å²) in [5.41, 5.74) is 2.25. The summed E-state index contributed by atoms with van der Waals surface area (Å²) < 4.78 is 0. The Kier molecular flexibility index (Phi) is 4.14. The summed E-state index contributed by atoms with van der Waals surface area (Å²) >= 11 is 0. The molecule has 2 aliphatic carbocycles. The summed E-state index contributed by atoms with van der Waals surface area (Å²) in [6.07, 6.45) is 7.57. The normalized spacial score (nSPS) is 28.2. The maximum Gasteiger partial charge on any atom is 0.317 e. The molecule has 3 atom stereocenters. The lowest BCUT2D eigenvalue weighted by Gasteiger charge is -2.28. The van der Waals surface area contributed by atoms with Crippen LogP contribution >= 0.6 is 0 Å². The fourth-order valence-corrected chi connectivity index (χ4v) is 3.53. The highest BCUT2D eigenvalue weighted by atomic mass is 16.3. The van der Waals surface area contributed by atoms with Crippen LogP contribution in [0.15, 0.2) is 6.20 Å². The van der Waals surface area contributed by atoms with Gasteiger partial charge in [0.25, 0.3) is 0 Å². The van der Waals surface area contributed by atoms with Crippen molar-refractivity contribution in [2.45, 2.75) is 50.7 Å². The Morgan fingerprint density at radius 2 is 2.33 bits per heavy atom. The molecule has 2 aliphatic rings. The Bertz CT molecular complexity index is 502. The molecular weight excluding hydrogens is 268 g/mol. The summed E-state index contributed by atoms with van der Waals surface area (Å²) in [5.74, 6) is 0.217. The fraction of sp³-hybridized carbons (Fsp3) is 0.733. The largest absolute Gasteiger partial charge is 0.393 e. The number of carbonyl (C=O) groups excluding carboxylic acids is 1.